The Balaban J connectivity index is 3.36. The van der Waals surface area contributed by atoms with Gasteiger partial charge >= 0.3 is 5.97 Å². The number of unbranched alkanes of at least 4 members (excludes halogenated alkanes) is 1. The molecule has 0 aliphatic carbocycles. The molecule has 0 heterocycles. The van der Waals surface area contributed by atoms with Crippen LogP contribution in [0.1, 0.15) is 39.0 Å². The lowest BCUT2D eigenvalue weighted by Crippen LogP contribution is -2.04. The average Bonchev–Trinajstić information content (AvgIpc) is 2.18. The summed E-state index contributed by atoms with van der Waals surface area (Å²) in [7, 11) is 0. The molecule has 2 heteroatoms. The van der Waals surface area contributed by atoms with E-state index in [2.05, 4.69) is 25.3 Å². The van der Waals surface area contributed by atoms with Crippen molar-refractivity contribution in [3.05, 3.63) is 12.7 Å². The second-order valence-electron chi connectivity index (χ2n) is 2.92. The smallest absolute Gasteiger partial charge is 0.306 e. The van der Waals surface area contributed by atoms with Gasteiger partial charge in [-0.05, 0) is 6.42 Å². The third-order valence-electron chi connectivity index (χ3n) is 1.59. The Kier molecular flexibility index (Phi) is 8.99. The topological polar surface area (TPSA) is 26.3 Å². The number of esters is 1. The van der Waals surface area contributed by atoms with Crippen molar-refractivity contribution in [2.24, 2.45) is 0 Å². The maximum absolute atomic E-state index is 11.0. The van der Waals surface area contributed by atoms with Crippen LogP contribution in [0, 0.1) is 11.8 Å². The van der Waals surface area contributed by atoms with Gasteiger partial charge in [0, 0.05) is 12.8 Å². The number of ether oxygens (including phenoxy) is 1. The third-order valence-corrected chi connectivity index (χ3v) is 1.59. The summed E-state index contributed by atoms with van der Waals surface area (Å²) in [5.74, 6) is 5.62. The van der Waals surface area contributed by atoms with Gasteiger partial charge < -0.3 is 4.74 Å². The average molecular weight is 194 g/mol. The van der Waals surface area contributed by atoms with Gasteiger partial charge in [-0.25, -0.2) is 0 Å². The summed E-state index contributed by atoms with van der Waals surface area (Å²) in [5, 5.41) is 0. The summed E-state index contributed by atoms with van der Waals surface area (Å²) in [6.45, 7) is 6.15. The first-order chi connectivity index (χ1) is 6.81. The molecule has 0 aromatic heterocycles. The summed E-state index contributed by atoms with van der Waals surface area (Å²) < 4.78 is 4.96. The quantitative estimate of drug-likeness (QED) is 0.281. The predicted molar refractivity (Wildman–Crippen MR) is 57.7 cm³/mol. The van der Waals surface area contributed by atoms with Crippen LogP contribution in [-0.2, 0) is 9.53 Å². The molecule has 78 valence electrons. The highest BCUT2D eigenvalue weighted by Crippen LogP contribution is 1.94. The second-order valence-corrected chi connectivity index (χ2v) is 2.92. The molecule has 0 unspecified atom stereocenters. The van der Waals surface area contributed by atoms with Crippen molar-refractivity contribution in [1.82, 2.24) is 0 Å². The Morgan fingerprint density at radius 3 is 2.93 bits per heavy atom. The van der Waals surface area contributed by atoms with E-state index in [1.54, 1.807) is 6.08 Å². The fourth-order valence-corrected chi connectivity index (χ4v) is 0.800. The highest BCUT2D eigenvalue weighted by atomic mass is 16.5. The minimum atomic E-state index is -0.147. The highest BCUT2D eigenvalue weighted by molar-refractivity contribution is 5.69. The van der Waals surface area contributed by atoms with Crippen LogP contribution >= 0.6 is 0 Å². The van der Waals surface area contributed by atoms with Crippen LogP contribution in [-0.4, -0.2) is 12.6 Å². The fraction of sp³-hybridized carbons (Fsp3) is 0.583. The molecule has 0 amide bonds. The van der Waals surface area contributed by atoms with Crippen molar-refractivity contribution >= 4 is 5.97 Å². The first-order valence-electron chi connectivity index (χ1n) is 5.03. The van der Waals surface area contributed by atoms with Crippen molar-refractivity contribution in [2.75, 3.05) is 6.61 Å². The molecule has 0 fully saturated rings. The molecule has 0 bridgehead atoms. The Hall–Kier alpha value is -1.23. The van der Waals surface area contributed by atoms with Gasteiger partial charge in [0.1, 0.15) is 0 Å². The van der Waals surface area contributed by atoms with E-state index in [-0.39, 0.29) is 5.97 Å². The molecule has 0 atom stereocenters. The van der Waals surface area contributed by atoms with Crippen molar-refractivity contribution < 1.29 is 9.53 Å². The number of carbonyl (C=O) groups excluding carboxylic acids is 1. The maximum atomic E-state index is 11.0. The van der Waals surface area contributed by atoms with Crippen LogP contribution in [0.2, 0.25) is 0 Å². The first kappa shape index (κ1) is 12.8. The SMILES string of the molecule is C=CCC#CCCC(=O)OCCCC. The Bertz CT molecular complexity index is 220. The largest absolute Gasteiger partial charge is 0.466 e. The monoisotopic (exact) mass is 194 g/mol. The van der Waals surface area contributed by atoms with Crippen molar-refractivity contribution in [3.8, 4) is 11.8 Å². The molecule has 0 saturated heterocycles. The van der Waals surface area contributed by atoms with Gasteiger partial charge in [-0.2, -0.15) is 0 Å². The number of rotatable bonds is 6. The van der Waals surface area contributed by atoms with Crippen LogP contribution in [0.5, 0.6) is 0 Å². The van der Waals surface area contributed by atoms with Crippen LogP contribution in [0.3, 0.4) is 0 Å². The number of hydrogen-bond acceptors (Lipinski definition) is 2. The van der Waals surface area contributed by atoms with Crippen LogP contribution < -0.4 is 0 Å². The molecule has 0 aliphatic rings. The molecule has 0 rings (SSSR count). The summed E-state index contributed by atoms with van der Waals surface area (Å²) in [4.78, 5) is 11.0. The van der Waals surface area contributed by atoms with E-state index in [0.29, 0.717) is 25.9 Å². The second kappa shape index (κ2) is 9.85. The highest BCUT2D eigenvalue weighted by Gasteiger charge is 1.99. The van der Waals surface area contributed by atoms with Crippen LogP contribution in [0.4, 0.5) is 0 Å². The van der Waals surface area contributed by atoms with Gasteiger partial charge in [0.2, 0.25) is 0 Å². The lowest BCUT2D eigenvalue weighted by atomic mass is 10.3. The van der Waals surface area contributed by atoms with Crippen molar-refractivity contribution in [2.45, 2.75) is 39.0 Å². The molecule has 0 aromatic rings. The third kappa shape index (κ3) is 8.86. The lowest BCUT2D eigenvalue weighted by molar-refractivity contribution is -0.143. The van der Waals surface area contributed by atoms with E-state index in [0.717, 1.165) is 12.8 Å². The Morgan fingerprint density at radius 1 is 1.50 bits per heavy atom. The lowest BCUT2D eigenvalue weighted by Gasteiger charge is -2.00. The zero-order valence-corrected chi connectivity index (χ0v) is 8.84. The molecule has 0 N–H and O–H groups in total. The summed E-state index contributed by atoms with van der Waals surface area (Å²) >= 11 is 0. The van der Waals surface area contributed by atoms with Crippen LogP contribution in [0.25, 0.3) is 0 Å². The van der Waals surface area contributed by atoms with Crippen molar-refractivity contribution in [1.29, 1.82) is 0 Å². The van der Waals surface area contributed by atoms with Gasteiger partial charge in [-0.1, -0.05) is 25.3 Å². The van der Waals surface area contributed by atoms with Gasteiger partial charge in [0.25, 0.3) is 0 Å². The fourth-order valence-electron chi connectivity index (χ4n) is 0.800. The van der Waals surface area contributed by atoms with E-state index >= 15 is 0 Å². The zero-order chi connectivity index (χ0) is 10.6. The minimum absolute atomic E-state index is 0.147. The van der Waals surface area contributed by atoms with E-state index in [1.165, 1.54) is 0 Å². The standard InChI is InChI=1S/C12H18O2/c1-3-5-7-8-9-10-12(13)14-11-6-4-2/h3H,1,4-6,9-11H2,2H3. The molecular weight excluding hydrogens is 176 g/mol. The molecule has 0 radical (unpaired) electrons. The molecular formula is C12H18O2. The van der Waals surface area contributed by atoms with Crippen LogP contribution in [0.15, 0.2) is 12.7 Å². The molecule has 0 aliphatic heterocycles. The van der Waals surface area contributed by atoms with Crippen molar-refractivity contribution in [3.63, 3.8) is 0 Å². The summed E-state index contributed by atoms with van der Waals surface area (Å²) in [6, 6.07) is 0. The molecule has 0 saturated carbocycles. The zero-order valence-electron chi connectivity index (χ0n) is 8.84. The van der Waals surface area contributed by atoms with E-state index in [9.17, 15) is 4.79 Å². The molecule has 0 aromatic carbocycles. The predicted octanol–water partition coefficient (Wildman–Crippen LogP) is 2.69. The van der Waals surface area contributed by atoms with Gasteiger partial charge in [-0.15, -0.1) is 12.5 Å². The summed E-state index contributed by atoms with van der Waals surface area (Å²) in [5.41, 5.74) is 0. The van der Waals surface area contributed by atoms with E-state index < -0.39 is 0 Å². The number of allylic oxidation sites excluding steroid dienone is 1. The normalized spacial score (nSPS) is 8.64. The molecule has 2 nitrogen and oxygen atoms in total. The van der Waals surface area contributed by atoms with Gasteiger partial charge in [0.15, 0.2) is 0 Å². The number of carbonyl (C=O) groups is 1. The summed E-state index contributed by atoms with van der Waals surface area (Å²) in [6.07, 6.45) is 5.39. The Labute approximate surface area is 86.3 Å². The first-order valence-corrected chi connectivity index (χ1v) is 5.03. The van der Waals surface area contributed by atoms with Gasteiger partial charge in [0.05, 0.1) is 13.0 Å². The Morgan fingerprint density at radius 2 is 2.29 bits per heavy atom. The molecule has 14 heavy (non-hydrogen) atoms. The van der Waals surface area contributed by atoms with E-state index in [1.807, 2.05) is 0 Å². The number of hydrogen-bond donors (Lipinski definition) is 0. The molecule has 0 spiro atoms. The van der Waals surface area contributed by atoms with E-state index in [4.69, 9.17) is 4.74 Å². The maximum Gasteiger partial charge on any atom is 0.306 e. The van der Waals surface area contributed by atoms with Gasteiger partial charge in [-0.3, -0.25) is 4.79 Å². The minimum Gasteiger partial charge on any atom is -0.466 e.